The molecule has 0 aromatic heterocycles. The Labute approximate surface area is 139 Å². The van der Waals surface area contributed by atoms with Crippen molar-refractivity contribution in [2.75, 3.05) is 0 Å². The van der Waals surface area contributed by atoms with Crippen LogP contribution in [0.25, 0.3) is 21.9 Å². The summed E-state index contributed by atoms with van der Waals surface area (Å²) in [5.41, 5.74) is 12.9. The highest BCUT2D eigenvalue weighted by Gasteiger charge is 2.30. The lowest BCUT2D eigenvalue weighted by molar-refractivity contribution is 0.961. The second-order valence-corrected chi connectivity index (χ2v) is 7.43. The Balaban J connectivity index is 2.19. The van der Waals surface area contributed by atoms with Gasteiger partial charge in [0.1, 0.15) is 0 Å². The van der Waals surface area contributed by atoms with E-state index in [4.69, 9.17) is 0 Å². The highest BCUT2D eigenvalue weighted by atomic mass is 14.3. The zero-order valence-corrected chi connectivity index (χ0v) is 15.0. The van der Waals surface area contributed by atoms with Crippen LogP contribution >= 0.6 is 0 Å². The fourth-order valence-electron chi connectivity index (χ4n) is 4.66. The molecule has 0 fully saturated rings. The van der Waals surface area contributed by atoms with E-state index >= 15 is 0 Å². The summed E-state index contributed by atoms with van der Waals surface area (Å²) in [6.07, 6.45) is 0. The molecular formula is C23H24. The summed E-state index contributed by atoms with van der Waals surface area (Å²) in [6.45, 7) is 13.6. The average molecular weight is 300 g/mol. The fourth-order valence-corrected chi connectivity index (χ4v) is 4.66. The van der Waals surface area contributed by atoms with Crippen molar-refractivity contribution >= 4 is 10.8 Å². The lowest BCUT2D eigenvalue weighted by atomic mass is 9.88. The van der Waals surface area contributed by atoms with Gasteiger partial charge >= 0.3 is 0 Å². The van der Waals surface area contributed by atoms with Crippen molar-refractivity contribution in [1.82, 2.24) is 0 Å². The molecule has 23 heavy (non-hydrogen) atoms. The van der Waals surface area contributed by atoms with Gasteiger partial charge in [0.2, 0.25) is 0 Å². The largest absolute Gasteiger partial charge is 0.0557 e. The van der Waals surface area contributed by atoms with Crippen LogP contribution in [-0.4, -0.2) is 0 Å². The molecule has 0 radical (unpaired) electrons. The van der Waals surface area contributed by atoms with Gasteiger partial charge in [-0.05, 0) is 84.3 Å². The maximum absolute atomic E-state index is 2.42. The van der Waals surface area contributed by atoms with Gasteiger partial charge in [0, 0.05) is 5.92 Å². The first-order chi connectivity index (χ1) is 10.9. The Kier molecular flexibility index (Phi) is 2.97. The van der Waals surface area contributed by atoms with E-state index in [0.29, 0.717) is 5.92 Å². The molecule has 0 saturated carbocycles. The van der Waals surface area contributed by atoms with Crippen molar-refractivity contribution in [3.05, 3.63) is 69.3 Å². The van der Waals surface area contributed by atoms with Gasteiger partial charge in [0.25, 0.3) is 0 Å². The summed E-state index contributed by atoms with van der Waals surface area (Å²) in [6, 6.07) is 11.8. The number of fused-ring (bicyclic) bond motifs is 5. The average Bonchev–Trinajstić information content (AvgIpc) is 2.72. The number of benzene rings is 3. The number of hydrogen-bond donors (Lipinski definition) is 0. The topological polar surface area (TPSA) is 0 Å². The summed E-state index contributed by atoms with van der Waals surface area (Å²) >= 11 is 0. The minimum Gasteiger partial charge on any atom is -0.0557 e. The van der Waals surface area contributed by atoms with E-state index in [0.717, 1.165) is 0 Å². The van der Waals surface area contributed by atoms with E-state index in [2.05, 4.69) is 71.9 Å². The van der Waals surface area contributed by atoms with Gasteiger partial charge in [-0.1, -0.05) is 48.4 Å². The van der Waals surface area contributed by atoms with E-state index < -0.39 is 0 Å². The maximum Gasteiger partial charge on any atom is 0.00797 e. The maximum atomic E-state index is 2.42. The first-order valence-corrected chi connectivity index (χ1v) is 8.54. The molecule has 116 valence electrons. The van der Waals surface area contributed by atoms with Crippen LogP contribution < -0.4 is 0 Å². The molecule has 1 atom stereocenters. The third-order valence-corrected chi connectivity index (χ3v) is 5.50. The zero-order chi connectivity index (χ0) is 16.5. The lowest BCUT2D eigenvalue weighted by Gasteiger charge is -2.16. The second-order valence-electron chi connectivity index (χ2n) is 7.43. The number of hydrogen-bond acceptors (Lipinski definition) is 0. The quantitative estimate of drug-likeness (QED) is 0.443. The lowest BCUT2D eigenvalue weighted by Crippen LogP contribution is -1.95. The summed E-state index contributed by atoms with van der Waals surface area (Å²) < 4.78 is 0. The van der Waals surface area contributed by atoms with Crippen LogP contribution in [0.3, 0.4) is 0 Å². The van der Waals surface area contributed by atoms with Crippen LogP contribution in [0.15, 0.2) is 30.3 Å². The summed E-state index contributed by atoms with van der Waals surface area (Å²) in [7, 11) is 0. The molecular weight excluding hydrogens is 276 g/mol. The Bertz CT molecular complexity index is 973. The van der Waals surface area contributed by atoms with Gasteiger partial charge in [-0.2, -0.15) is 0 Å². The van der Waals surface area contributed by atoms with Gasteiger partial charge in [-0.25, -0.2) is 0 Å². The van der Waals surface area contributed by atoms with Gasteiger partial charge in [-0.15, -0.1) is 0 Å². The third kappa shape index (κ3) is 1.91. The summed E-state index contributed by atoms with van der Waals surface area (Å²) in [4.78, 5) is 0. The molecule has 0 N–H and O–H groups in total. The van der Waals surface area contributed by atoms with E-state index in [1.807, 2.05) is 0 Å². The van der Waals surface area contributed by atoms with Crippen LogP contribution in [0.5, 0.6) is 0 Å². The molecule has 3 aromatic carbocycles. The van der Waals surface area contributed by atoms with E-state index in [1.54, 1.807) is 0 Å². The van der Waals surface area contributed by atoms with Crippen LogP contribution in [0.4, 0.5) is 0 Å². The van der Waals surface area contributed by atoms with Crippen LogP contribution in [0.2, 0.25) is 0 Å². The van der Waals surface area contributed by atoms with Crippen molar-refractivity contribution in [3.63, 3.8) is 0 Å². The number of rotatable bonds is 0. The Morgan fingerprint density at radius 2 is 1.35 bits per heavy atom. The first-order valence-electron chi connectivity index (χ1n) is 8.54. The molecule has 0 spiro atoms. The predicted octanol–water partition coefficient (Wildman–Crippen LogP) is 6.51. The van der Waals surface area contributed by atoms with Crippen molar-refractivity contribution in [1.29, 1.82) is 0 Å². The molecule has 1 unspecified atom stereocenters. The molecule has 3 aromatic rings. The Morgan fingerprint density at radius 3 is 2.09 bits per heavy atom. The van der Waals surface area contributed by atoms with Crippen molar-refractivity contribution in [2.24, 2.45) is 0 Å². The molecule has 0 heteroatoms. The van der Waals surface area contributed by atoms with Crippen LogP contribution in [0.1, 0.15) is 51.8 Å². The second kappa shape index (κ2) is 4.71. The summed E-state index contributed by atoms with van der Waals surface area (Å²) in [5.74, 6) is 0.475. The molecule has 1 aliphatic carbocycles. The Hall–Kier alpha value is -2.08. The van der Waals surface area contributed by atoms with E-state index in [-0.39, 0.29) is 0 Å². The van der Waals surface area contributed by atoms with Gasteiger partial charge in [0.05, 0.1) is 0 Å². The van der Waals surface area contributed by atoms with Crippen LogP contribution in [-0.2, 0) is 0 Å². The van der Waals surface area contributed by atoms with Crippen molar-refractivity contribution in [3.8, 4) is 11.1 Å². The van der Waals surface area contributed by atoms with Gasteiger partial charge in [0.15, 0.2) is 0 Å². The molecule has 0 heterocycles. The molecule has 0 bridgehead atoms. The normalized spacial score (nSPS) is 15.8. The minimum atomic E-state index is 0.475. The highest BCUT2D eigenvalue weighted by molar-refractivity contribution is 6.00. The molecule has 0 amide bonds. The monoisotopic (exact) mass is 300 g/mol. The van der Waals surface area contributed by atoms with E-state index in [1.165, 1.54) is 60.8 Å². The standard InChI is InChI=1S/C23H24/c1-12-8-16(5)22-18(9-12)14(3)11-20-21-15(4)7-13(2)10-19(21)17(6)23(20)22/h7-11,17H,1-6H3. The fraction of sp³-hybridized carbons (Fsp3) is 0.304. The third-order valence-electron chi connectivity index (χ3n) is 5.50. The van der Waals surface area contributed by atoms with Crippen LogP contribution in [0, 0.1) is 34.6 Å². The van der Waals surface area contributed by atoms with Crippen molar-refractivity contribution < 1.29 is 0 Å². The van der Waals surface area contributed by atoms with E-state index in [9.17, 15) is 0 Å². The summed E-state index contributed by atoms with van der Waals surface area (Å²) in [5, 5.41) is 2.90. The first kappa shape index (κ1) is 14.5. The molecule has 4 rings (SSSR count). The molecule has 0 nitrogen and oxygen atoms in total. The SMILES string of the molecule is Cc1cc(C)c2c(c1)C(C)c1c-2cc(C)c2cc(C)cc(C)c12. The Morgan fingerprint density at radius 1 is 0.696 bits per heavy atom. The molecule has 0 saturated heterocycles. The number of aryl methyl sites for hydroxylation is 5. The van der Waals surface area contributed by atoms with Gasteiger partial charge in [-0.3, -0.25) is 0 Å². The predicted molar refractivity (Wildman–Crippen MR) is 101 cm³/mol. The van der Waals surface area contributed by atoms with Gasteiger partial charge < -0.3 is 0 Å². The molecule has 1 aliphatic rings. The zero-order valence-electron chi connectivity index (χ0n) is 15.0. The smallest absolute Gasteiger partial charge is 0.00797 e. The highest BCUT2D eigenvalue weighted by Crippen LogP contribution is 2.50. The minimum absolute atomic E-state index is 0.475. The van der Waals surface area contributed by atoms with Crippen molar-refractivity contribution in [2.45, 2.75) is 47.5 Å². The molecule has 0 aliphatic heterocycles.